The van der Waals surface area contributed by atoms with Crippen molar-refractivity contribution < 1.29 is 37.3 Å². The number of allylic oxidation sites excluding steroid dienone is 19. The lowest BCUT2D eigenvalue weighted by atomic mass is 10.0. The van der Waals surface area contributed by atoms with Crippen LogP contribution in [0.5, 0.6) is 0 Å². The van der Waals surface area contributed by atoms with Crippen LogP contribution in [-0.4, -0.2) is 74.3 Å². The molecule has 0 aromatic heterocycles. The SMILES string of the molecule is CC/C=C\C/C=C\C/C=C\C/C=C\C/C=C\C/C=C\CCCCCCCCCCC(=O)OC(/C=C\CCCCCCCCCCCC)C(COP(=O)(O)OCC[N+](C)(C)C)NC(=O)CCCCCCCC/C=C/C/C=C/C/C=C/CC. The highest BCUT2D eigenvalue weighted by atomic mass is 31.2. The van der Waals surface area contributed by atoms with Gasteiger partial charge in [0.05, 0.1) is 33.8 Å². The van der Waals surface area contributed by atoms with Crippen LogP contribution < -0.4 is 5.32 Å². The molecule has 3 unspecified atom stereocenters. The Morgan fingerprint density at radius 1 is 0.444 bits per heavy atom. The Kier molecular flexibility index (Phi) is 56.9. The Labute approximate surface area is 499 Å². The molecular formula is C71H124N2O7P+. The summed E-state index contributed by atoms with van der Waals surface area (Å²) in [6.45, 7) is 6.76. The number of carbonyl (C=O) groups excluding carboxylic acids is 2. The van der Waals surface area contributed by atoms with Crippen LogP contribution in [-0.2, 0) is 27.9 Å². The molecule has 9 nitrogen and oxygen atoms in total. The molecule has 0 aliphatic heterocycles. The fourth-order valence-electron chi connectivity index (χ4n) is 8.90. The van der Waals surface area contributed by atoms with Gasteiger partial charge in [-0.15, -0.1) is 0 Å². The van der Waals surface area contributed by atoms with Gasteiger partial charge in [0, 0.05) is 12.8 Å². The maximum Gasteiger partial charge on any atom is 0.472 e. The first-order valence-electron chi connectivity index (χ1n) is 32.9. The first kappa shape index (κ1) is 77.4. The van der Waals surface area contributed by atoms with Crippen molar-refractivity contribution in [1.29, 1.82) is 0 Å². The number of carbonyl (C=O) groups is 2. The van der Waals surface area contributed by atoms with Gasteiger partial charge in [-0.1, -0.05) is 258 Å². The van der Waals surface area contributed by atoms with Crippen LogP contribution in [0, 0.1) is 0 Å². The van der Waals surface area contributed by atoms with E-state index in [1.54, 1.807) is 0 Å². The van der Waals surface area contributed by atoms with Crippen LogP contribution in [0.3, 0.4) is 0 Å². The molecule has 0 fully saturated rings. The summed E-state index contributed by atoms with van der Waals surface area (Å²) in [5, 5.41) is 3.05. The molecule has 464 valence electrons. The number of nitrogens with one attached hydrogen (secondary N) is 1. The molecule has 0 bridgehead atoms. The Morgan fingerprint density at radius 3 is 1.19 bits per heavy atom. The van der Waals surface area contributed by atoms with E-state index < -0.39 is 20.0 Å². The maximum absolute atomic E-state index is 13.6. The average Bonchev–Trinajstić information content (AvgIpc) is 3.44. The van der Waals surface area contributed by atoms with E-state index in [-0.39, 0.29) is 31.5 Å². The fourth-order valence-corrected chi connectivity index (χ4v) is 9.63. The highest BCUT2D eigenvalue weighted by molar-refractivity contribution is 7.47. The van der Waals surface area contributed by atoms with Crippen LogP contribution >= 0.6 is 7.82 Å². The normalized spacial score (nSPS) is 14.4. The van der Waals surface area contributed by atoms with Gasteiger partial charge in [-0.2, -0.15) is 0 Å². The van der Waals surface area contributed by atoms with Crippen LogP contribution in [0.2, 0.25) is 0 Å². The predicted octanol–water partition coefficient (Wildman–Crippen LogP) is 20.7. The van der Waals surface area contributed by atoms with Gasteiger partial charge in [-0.3, -0.25) is 18.6 Å². The molecule has 10 heteroatoms. The molecule has 0 heterocycles. The number of esters is 1. The number of likely N-dealkylation sites (N-methyl/N-ethyl adjacent to an activating group) is 1. The van der Waals surface area contributed by atoms with Gasteiger partial charge in [0.1, 0.15) is 19.3 Å². The molecule has 0 rings (SSSR count). The largest absolute Gasteiger partial charge is 0.472 e. The van der Waals surface area contributed by atoms with Crippen molar-refractivity contribution in [3.63, 3.8) is 0 Å². The molecule has 0 aromatic rings. The zero-order valence-corrected chi connectivity index (χ0v) is 53.9. The minimum atomic E-state index is -4.46. The first-order valence-corrected chi connectivity index (χ1v) is 34.4. The van der Waals surface area contributed by atoms with E-state index >= 15 is 0 Å². The molecule has 2 N–H and O–H groups in total. The highest BCUT2D eigenvalue weighted by Gasteiger charge is 2.30. The smallest absolute Gasteiger partial charge is 0.456 e. The van der Waals surface area contributed by atoms with Crippen molar-refractivity contribution in [2.45, 2.75) is 277 Å². The number of amides is 1. The summed E-state index contributed by atoms with van der Waals surface area (Å²) in [6.07, 6.45) is 83.4. The number of quaternary nitrogens is 1. The zero-order chi connectivity index (χ0) is 59.3. The van der Waals surface area contributed by atoms with Gasteiger partial charge in [-0.05, 0) is 115 Å². The molecule has 81 heavy (non-hydrogen) atoms. The number of nitrogens with zero attached hydrogens (tertiary/aromatic N) is 1. The van der Waals surface area contributed by atoms with Gasteiger partial charge in [0.25, 0.3) is 0 Å². The summed E-state index contributed by atoms with van der Waals surface area (Å²) in [7, 11) is 1.47. The van der Waals surface area contributed by atoms with Crippen molar-refractivity contribution in [1.82, 2.24) is 5.32 Å². The standard InChI is InChI=1S/C71H123N2O7P/c1-7-10-13-16-19-22-25-28-30-32-33-34-35-36-37-38-39-40-41-42-44-46-49-52-55-58-61-64-71(75)80-69(62-59-56-53-50-47-27-24-21-18-15-12-9-3)68(67-79-81(76,77)78-66-65-73(4,5)6)72-70(74)63-60-57-54-51-48-45-43-31-29-26-23-20-17-14-11-8-2/h10-11,13-14,19-20,22-23,28-31,33-34,36-37,39-40,59,62,68-69H,7-9,12,15-18,21,24-27,32,35,38,41-58,60-61,63-67H2,1-6H3,(H-,72,74,76,77)/p+1/b13-10-,14-11+,22-19-,23-20+,30-28-,31-29+,34-33-,37-36-,40-39-,62-59-. The summed E-state index contributed by atoms with van der Waals surface area (Å²) in [6, 6.07) is -0.867. The number of phosphoric acid groups is 1. The van der Waals surface area contributed by atoms with Crippen molar-refractivity contribution in [3.8, 4) is 0 Å². The fraction of sp³-hybridized carbons (Fsp3) is 0.690. The van der Waals surface area contributed by atoms with Crippen LogP contribution in [0.4, 0.5) is 0 Å². The van der Waals surface area contributed by atoms with Crippen LogP contribution in [0.15, 0.2) is 122 Å². The predicted molar refractivity (Wildman–Crippen MR) is 350 cm³/mol. The number of hydrogen-bond donors (Lipinski definition) is 2. The third kappa shape index (κ3) is 60.8. The third-order valence-electron chi connectivity index (χ3n) is 13.9. The topological polar surface area (TPSA) is 111 Å². The molecule has 0 saturated heterocycles. The molecule has 0 saturated carbocycles. The maximum atomic E-state index is 13.6. The van der Waals surface area contributed by atoms with Crippen molar-refractivity contribution in [3.05, 3.63) is 122 Å². The van der Waals surface area contributed by atoms with E-state index in [2.05, 4.69) is 135 Å². The Bertz CT molecular complexity index is 1800. The number of unbranched alkanes of at least 4 members (excludes halogenated alkanes) is 24. The zero-order valence-electron chi connectivity index (χ0n) is 53.0. The quantitative estimate of drug-likeness (QED) is 0.0205. The van der Waals surface area contributed by atoms with Crippen LogP contribution in [0.25, 0.3) is 0 Å². The second-order valence-electron chi connectivity index (χ2n) is 22.9. The van der Waals surface area contributed by atoms with E-state index in [1.807, 2.05) is 33.3 Å². The Hall–Kier alpha value is -3.59. The second kappa shape index (κ2) is 59.6. The average molecular weight is 1150 g/mol. The van der Waals surface area contributed by atoms with E-state index in [0.29, 0.717) is 17.4 Å². The summed E-state index contributed by atoms with van der Waals surface area (Å²) >= 11 is 0. The summed E-state index contributed by atoms with van der Waals surface area (Å²) in [4.78, 5) is 37.8. The van der Waals surface area contributed by atoms with E-state index in [9.17, 15) is 19.0 Å². The van der Waals surface area contributed by atoms with Gasteiger partial charge in [-0.25, -0.2) is 4.57 Å². The molecule has 0 aliphatic rings. The van der Waals surface area contributed by atoms with Crippen molar-refractivity contribution in [2.24, 2.45) is 0 Å². The lowest BCUT2D eigenvalue weighted by Gasteiger charge is -2.27. The van der Waals surface area contributed by atoms with Crippen LogP contribution in [0.1, 0.15) is 265 Å². The molecule has 0 aromatic carbocycles. The second-order valence-corrected chi connectivity index (χ2v) is 24.3. The number of ether oxygens (including phenoxy) is 1. The monoisotopic (exact) mass is 1150 g/mol. The lowest BCUT2D eigenvalue weighted by Crippen LogP contribution is -2.47. The number of hydrogen-bond acceptors (Lipinski definition) is 6. The molecule has 3 atom stereocenters. The minimum absolute atomic E-state index is 0.0300. The number of rotatable bonds is 58. The van der Waals surface area contributed by atoms with E-state index in [4.69, 9.17) is 13.8 Å². The van der Waals surface area contributed by atoms with Gasteiger partial charge < -0.3 is 19.4 Å². The summed E-state index contributed by atoms with van der Waals surface area (Å²) in [5.74, 6) is -0.535. The van der Waals surface area contributed by atoms with E-state index in [1.165, 1.54) is 77.0 Å². The molecule has 0 spiro atoms. The molecule has 0 radical (unpaired) electrons. The summed E-state index contributed by atoms with van der Waals surface area (Å²) < 4.78 is 30.7. The minimum Gasteiger partial charge on any atom is -0.456 e. The Balaban J connectivity index is 5.16. The van der Waals surface area contributed by atoms with Crippen molar-refractivity contribution in [2.75, 3.05) is 40.9 Å². The molecule has 0 aliphatic carbocycles. The number of phosphoric ester groups is 1. The highest BCUT2D eigenvalue weighted by Crippen LogP contribution is 2.43. The van der Waals surface area contributed by atoms with E-state index in [0.717, 1.165) is 154 Å². The van der Waals surface area contributed by atoms with Gasteiger partial charge in [0.15, 0.2) is 0 Å². The first-order chi connectivity index (χ1) is 39.4. The Morgan fingerprint density at radius 2 is 0.790 bits per heavy atom. The summed E-state index contributed by atoms with van der Waals surface area (Å²) in [5.41, 5.74) is 0. The third-order valence-corrected chi connectivity index (χ3v) is 14.9. The van der Waals surface area contributed by atoms with Crippen molar-refractivity contribution >= 4 is 19.7 Å². The van der Waals surface area contributed by atoms with Gasteiger partial charge >= 0.3 is 13.8 Å². The lowest BCUT2D eigenvalue weighted by molar-refractivity contribution is -0.870. The molecule has 1 amide bonds. The van der Waals surface area contributed by atoms with Gasteiger partial charge in [0.2, 0.25) is 5.91 Å². The molecular weight excluding hydrogens is 1020 g/mol.